The molecule has 0 radical (unpaired) electrons. The molecule has 3 N–H and O–H groups in total. The lowest BCUT2D eigenvalue weighted by Crippen LogP contribution is -2.08. The van der Waals surface area contributed by atoms with Crippen molar-refractivity contribution in [3.05, 3.63) is 4.88 Å². The number of nitrogen functional groups attached to an aromatic ring is 1. The summed E-state index contributed by atoms with van der Waals surface area (Å²) in [5.74, 6) is 0. The van der Waals surface area contributed by atoms with Crippen molar-refractivity contribution >= 4 is 33.8 Å². The fourth-order valence-corrected chi connectivity index (χ4v) is 3.31. The number of nitrogens with one attached hydrogen (secondary N) is 1. The maximum Gasteiger partial charge on any atom is 0.131 e. The molecule has 0 atom stereocenters. The molecule has 1 aromatic heterocycles. The molecule has 5 nitrogen and oxygen atoms in total. The Morgan fingerprint density at radius 1 is 1.42 bits per heavy atom. The molecule has 0 amide bonds. The Labute approximate surface area is 122 Å². The van der Waals surface area contributed by atoms with Crippen molar-refractivity contribution in [2.45, 2.75) is 11.3 Å². The number of nitrogens with zero attached hydrogens (tertiary/aromatic N) is 1. The molecule has 1 heterocycles. The van der Waals surface area contributed by atoms with Gasteiger partial charge >= 0.3 is 0 Å². The van der Waals surface area contributed by atoms with Gasteiger partial charge in [0.2, 0.25) is 0 Å². The predicted molar refractivity (Wildman–Crippen MR) is 81.0 cm³/mol. The van der Waals surface area contributed by atoms with Crippen LogP contribution in [0, 0.1) is 11.3 Å². The highest BCUT2D eigenvalue weighted by Crippen LogP contribution is 2.41. The molecule has 0 saturated carbocycles. The first kappa shape index (κ1) is 16.1. The van der Waals surface area contributed by atoms with Gasteiger partial charge in [-0.3, -0.25) is 0 Å². The first-order valence-corrected chi connectivity index (χ1v) is 7.95. The third kappa shape index (κ3) is 4.91. The van der Waals surface area contributed by atoms with Gasteiger partial charge in [0.05, 0.1) is 23.8 Å². The first-order valence-electron chi connectivity index (χ1n) is 5.91. The van der Waals surface area contributed by atoms with Gasteiger partial charge in [-0.1, -0.05) is 0 Å². The molecule has 0 aliphatic heterocycles. The molecule has 0 saturated heterocycles. The lowest BCUT2D eigenvalue weighted by Gasteiger charge is -2.07. The Kier molecular flexibility index (Phi) is 7.67. The van der Waals surface area contributed by atoms with Crippen molar-refractivity contribution in [3.8, 4) is 6.07 Å². The topological polar surface area (TPSA) is 80.3 Å². The van der Waals surface area contributed by atoms with Crippen LogP contribution in [-0.4, -0.2) is 39.7 Å². The van der Waals surface area contributed by atoms with E-state index in [9.17, 15) is 0 Å². The highest BCUT2D eigenvalue weighted by molar-refractivity contribution is 7.99. The number of methoxy groups -OCH3 is 1. The number of anilines is 2. The third-order valence-electron chi connectivity index (χ3n) is 2.39. The summed E-state index contributed by atoms with van der Waals surface area (Å²) < 4.78 is 10.3. The molecular formula is C12H19N3O2S2. The summed E-state index contributed by atoms with van der Waals surface area (Å²) in [4.78, 5) is 1.53. The van der Waals surface area contributed by atoms with Crippen molar-refractivity contribution in [1.82, 2.24) is 0 Å². The van der Waals surface area contributed by atoms with Crippen LogP contribution in [-0.2, 0) is 9.47 Å². The highest BCUT2D eigenvalue weighted by Gasteiger charge is 2.14. The number of hydrogen-bond donors (Lipinski definition) is 2. The van der Waals surface area contributed by atoms with Crippen molar-refractivity contribution in [2.75, 3.05) is 50.8 Å². The molecule has 1 aromatic rings. The molecule has 0 aromatic carbocycles. The summed E-state index contributed by atoms with van der Waals surface area (Å²) in [7, 11) is 1.66. The second-order valence-corrected chi connectivity index (χ2v) is 5.54. The number of ether oxygens (including phenoxy) is 2. The van der Waals surface area contributed by atoms with Gasteiger partial charge in [-0.05, 0) is 12.7 Å². The van der Waals surface area contributed by atoms with Gasteiger partial charge in [-0.2, -0.15) is 5.26 Å². The SMILES string of the molecule is COCCOCCCNc1sc(C#N)c(N)c1SC. The van der Waals surface area contributed by atoms with Gasteiger partial charge in [0.15, 0.2) is 0 Å². The lowest BCUT2D eigenvalue weighted by atomic mass is 10.4. The first-order chi connectivity index (χ1) is 9.24. The Morgan fingerprint density at radius 2 is 2.21 bits per heavy atom. The Bertz CT molecular complexity index is 429. The minimum absolute atomic E-state index is 0.572. The molecular weight excluding hydrogens is 282 g/mol. The zero-order valence-corrected chi connectivity index (χ0v) is 12.8. The maximum atomic E-state index is 8.96. The quantitative estimate of drug-likeness (QED) is 0.538. The molecule has 7 heteroatoms. The average molecular weight is 301 g/mol. The van der Waals surface area contributed by atoms with Gasteiger partial charge in [0.1, 0.15) is 15.9 Å². The number of nitriles is 1. The van der Waals surface area contributed by atoms with Crippen molar-refractivity contribution < 1.29 is 9.47 Å². The van der Waals surface area contributed by atoms with Crippen LogP contribution in [0.1, 0.15) is 11.3 Å². The summed E-state index contributed by atoms with van der Waals surface area (Å²) in [5, 5.41) is 13.2. The summed E-state index contributed by atoms with van der Waals surface area (Å²) in [5.41, 5.74) is 6.48. The van der Waals surface area contributed by atoms with E-state index in [0.717, 1.165) is 22.9 Å². The lowest BCUT2D eigenvalue weighted by molar-refractivity contribution is 0.0705. The largest absolute Gasteiger partial charge is 0.396 e. The van der Waals surface area contributed by atoms with E-state index < -0.39 is 0 Å². The van der Waals surface area contributed by atoms with Gasteiger partial charge in [-0.25, -0.2) is 0 Å². The molecule has 0 unspecified atom stereocenters. The second kappa shape index (κ2) is 9.04. The zero-order valence-electron chi connectivity index (χ0n) is 11.2. The monoisotopic (exact) mass is 301 g/mol. The maximum absolute atomic E-state index is 8.96. The van der Waals surface area contributed by atoms with Crippen molar-refractivity contribution in [1.29, 1.82) is 5.26 Å². The van der Waals surface area contributed by atoms with Gasteiger partial charge in [0.25, 0.3) is 0 Å². The molecule has 0 fully saturated rings. The number of rotatable bonds is 9. The van der Waals surface area contributed by atoms with E-state index in [1.54, 1.807) is 18.9 Å². The Hall–Kier alpha value is -0.940. The molecule has 0 aliphatic rings. The van der Waals surface area contributed by atoms with Crippen LogP contribution in [0.25, 0.3) is 0 Å². The van der Waals surface area contributed by atoms with E-state index in [-0.39, 0.29) is 0 Å². The van der Waals surface area contributed by atoms with Gasteiger partial charge in [0, 0.05) is 20.3 Å². The fraction of sp³-hybridized carbons (Fsp3) is 0.583. The van der Waals surface area contributed by atoms with Crippen LogP contribution in [0.4, 0.5) is 10.7 Å². The molecule has 0 aliphatic carbocycles. The minimum Gasteiger partial charge on any atom is -0.396 e. The molecule has 19 heavy (non-hydrogen) atoms. The average Bonchev–Trinajstić information content (AvgIpc) is 2.73. The van der Waals surface area contributed by atoms with Crippen LogP contribution in [0.2, 0.25) is 0 Å². The van der Waals surface area contributed by atoms with Crippen LogP contribution in [0.15, 0.2) is 4.90 Å². The van der Waals surface area contributed by atoms with Crippen LogP contribution >= 0.6 is 23.1 Å². The van der Waals surface area contributed by atoms with E-state index in [4.69, 9.17) is 20.5 Å². The van der Waals surface area contributed by atoms with Crippen LogP contribution in [0.3, 0.4) is 0 Å². The number of thiophene rings is 1. The summed E-state index contributed by atoms with van der Waals surface area (Å²) >= 11 is 2.96. The normalized spacial score (nSPS) is 10.4. The van der Waals surface area contributed by atoms with Crippen molar-refractivity contribution in [3.63, 3.8) is 0 Å². The Morgan fingerprint density at radius 3 is 2.84 bits per heavy atom. The summed E-state index contributed by atoms with van der Waals surface area (Å²) in [6, 6.07) is 2.12. The number of thioether (sulfide) groups is 1. The fourth-order valence-electron chi connectivity index (χ4n) is 1.45. The molecule has 0 spiro atoms. The Balaban J connectivity index is 2.35. The van der Waals surface area contributed by atoms with Crippen LogP contribution < -0.4 is 11.1 Å². The highest BCUT2D eigenvalue weighted by atomic mass is 32.2. The van der Waals surface area contributed by atoms with E-state index >= 15 is 0 Å². The summed E-state index contributed by atoms with van der Waals surface area (Å²) in [6.07, 6.45) is 2.86. The van der Waals surface area contributed by atoms with E-state index in [1.807, 2.05) is 6.26 Å². The molecule has 1 rings (SSSR count). The van der Waals surface area contributed by atoms with E-state index in [1.165, 1.54) is 11.3 Å². The van der Waals surface area contributed by atoms with Crippen molar-refractivity contribution in [2.24, 2.45) is 0 Å². The van der Waals surface area contributed by atoms with E-state index in [0.29, 0.717) is 30.4 Å². The van der Waals surface area contributed by atoms with E-state index in [2.05, 4.69) is 11.4 Å². The standard InChI is InChI=1S/C12H19N3O2S2/c1-16-6-7-17-5-3-4-15-12-11(18-2)10(14)9(8-13)19-12/h15H,3-7,14H2,1-2H3. The zero-order chi connectivity index (χ0) is 14.1. The number of nitrogens with two attached hydrogens (primary N) is 1. The number of hydrogen-bond acceptors (Lipinski definition) is 7. The molecule has 0 bridgehead atoms. The minimum atomic E-state index is 0.572. The smallest absolute Gasteiger partial charge is 0.131 e. The van der Waals surface area contributed by atoms with Gasteiger partial charge < -0.3 is 20.5 Å². The second-order valence-electron chi connectivity index (χ2n) is 3.70. The van der Waals surface area contributed by atoms with Crippen LogP contribution in [0.5, 0.6) is 0 Å². The van der Waals surface area contributed by atoms with Gasteiger partial charge in [-0.15, -0.1) is 23.1 Å². The third-order valence-corrected chi connectivity index (χ3v) is 4.42. The predicted octanol–water partition coefficient (Wildman–Crippen LogP) is 2.39. The summed E-state index contributed by atoms with van der Waals surface area (Å²) in [6.45, 7) is 2.73. The molecule has 106 valence electrons.